The molecule has 7 nitrogen and oxygen atoms in total. The molecule has 4 aromatic rings. The van der Waals surface area contributed by atoms with Crippen LogP contribution >= 0.6 is 0 Å². The molecule has 7 heteroatoms. The molecule has 0 radical (unpaired) electrons. The van der Waals surface area contributed by atoms with Crippen LogP contribution in [0.15, 0.2) is 42.5 Å². The minimum atomic E-state index is 0.214. The van der Waals surface area contributed by atoms with E-state index >= 15 is 0 Å². The van der Waals surface area contributed by atoms with Crippen LogP contribution < -0.4 is 15.2 Å². The summed E-state index contributed by atoms with van der Waals surface area (Å²) in [6.45, 7) is 2.58. The molecule has 0 amide bonds. The molecule has 0 unspecified atom stereocenters. The summed E-state index contributed by atoms with van der Waals surface area (Å²) < 4.78 is 12.9. The quantitative estimate of drug-likeness (QED) is 0.538. The van der Waals surface area contributed by atoms with Crippen molar-refractivity contribution in [3.63, 3.8) is 0 Å². The Bertz CT molecular complexity index is 1360. The maximum atomic E-state index is 10.0. The molecule has 0 bridgehead atoms. The van der Waals surface area contributed by atoms with E-state index in [0.29, 0.717) is 40.4 Å². The molecule has 0 fully saturated rings. The SMILES string of the molecule is CCCOc1ccc(-c2c(C#N)c(N)n3c(nc4ccccc43)c2C#N)cc1OC. The Morgan fingerprint density at radius 3 is 2.53 bits per heavy atom. The summed E-state index contributed by atoms with van der Waals surface area (Å²) in [5.74, 6) is 1.35. The van der Waals surface area contributed by atoms with Crippen LogP contribution in [0.1, 0.15) is 24.5 Å². The van der Waals surface area contributed by atoms with E-state index in [2.05, 4.69) is 17.1 Å². The van der Waals surface area contributed by atoms with E-state index in [9.17, 15) is 10.5 Å². The molecule has 0 atom stereocenters. The van der Waals surface area contributed by atoms with Gasteiger partial charge in [-0.25, -0.2) is 4.98 Å². The first-order valence-corrected chi connectivity index (χ1v) is 9.48. The van der Waals surface area contributed by atoms with E-state index in [1.807, 2.05) is 31.2 Å². The van der Waals surface area contributed by atoms with Gasteiger partial charge < -0.3 is 15.2 Å². The molecule has 30 heavy (non-hydrogen) atoms. The second kappa shape index (κ2) is 7.65. The number of hydrogen-bond acceptors (Lipinski definition) is 6. The number of nitrogen functional groups attached to an aromatic ring is 1. The van der Waals surface area contributed by atoms with Crippen LogP contribution in [0, 0.1) is 22.7 Å². The van der Waals surface area contributed by atoms with Gasteiger partial charge in [-0.05, 0) is 36.2 Å². The molecule has 2 heterocycles. The van der Waals surface area contributed by atoms with Crippen molar-refractivity contribution >= 4 is 22.5 Å². The molecule has 0 saturated carbocycles. The molecule has 0 aliphatic rings. The lowest BCUT2D eigenvalue weighted by atomic mass is 9.96. The lowest BCUT2D eigenvalue weighted by Gasteiger charge is -2.15. The Hall–Kier alpha value is -4.23. The number of anilines is 1. The summed E-state index contributed by atoms with van der Waals surface area (Å²) in [6, 6.07) is 17.1. The van der Waals surface area contributed by atoms with Crippen molar-refractivity contribution in [3.05, 3.63) is 53.6 Å². The Labute approximate surface area is 173 Å². The lowest BCUT2D eigenvalue weighted by molar-refractivity contribution is 0.294. The number of para-hydroxylation sites is 2. The Kier molecular flexibility index (Phi) is 4.87. The smallest absolute Gasteiger partial charge is 0.161 e. The van der Waals surface area contributed by atoms with Crippen molar-refractivity contribution in [3.8, 4) is 34.8 Å². The van der Waals surface area contributed by atoms with E-state index in [-0.39, 0.29) is 16.9 Å². The van der Waals surface area contributed by atoms with E-state index in [0.717, 1.165) is 11.9 Å². The van der Waals surface area contributed by atoms with Gasteiger partial charge in [0.15, 0.2) is 17.1 Å². The first-order valence-electron chi connectivity index (χ1n) is 9.48. The van der Waals surface area contributed by atoms with Crippen molar-refractivity contribution in [2.75, 3.05) is 19.5 Å². The minimum Gasteiger partial charge on any atom is -0.493 e. The average Bonchev–Trinajstić information content (AvgIpc) is 3.17. The van der Waals surface area contributed by atoms with Gasteiger partial charge in [-0.3, -0.25) is 4.40 Å². The molecule has 148 valence electrons. The van der Waals surface area contributed by atoms with Gasteiger partial charge in [-0.15, -0.1) is 0 Å². The summed E-state index contributed by atoms with van der Waals surface area (Å²) >= 11 is 0. The largest absolute Gasteiger partial charge is 0.493 e. The highest BCUT2D eigenvalue weighted by Crippen LogP contribution is 2.39. The molecular weight excluding hydrogens is 378 g/mol. The van der Waals surface area contributed by atoms with Crippen LogP contribution in [-0.2, 0) is 0 Å². The van der Waals surface area contributed by atoms with Gasteiger partial charge in [-0.2, -0.15) is 10.5 Å². The average molecular weight is 397 g/mol. The standard InChI is InChI=1S/C23H19N5O2/c1-3-10-30-19-9-8-14(11-20(19)29-2)21-15(12-24)22(26)28-18-7-5-4-6-17(18)27-23(28)16(21)13-25/h4-9,11H,3,10,26H2,1-2H3. The first-order chi connectivity index (χ1) is 14.6. The number of ether oxygens (including phenoxy) is 2. The number of methoxy groups -OCH3 is 1. The number of nitrogens with two attached hydrogens (primary N) is 1. The third-order valence-corrected chi connectivity index (χ3v) is 4.92. The molecule has 2 aromatic carbocycles. The Morgan fingerprint density at radius 1 is 1.07 bits per heavy atom. The number of fused-ring (bicyclic) bond motifs is 3. The summed E-state index contributed by atoms with van der Waals surface area (Å²) in [7, 11) is 1.55. The van der Waals surface area contributed by atoms with Gasteiger partial charge in [0.05, 0.1) is 24.8 Å². The summed E-state index contributed by atoms with van der Waals surface area (Å²) in [5.41, 5.74) is 9.81. The van der Waals surface area contributed by atoms with Crippen LogP contribution in [-0.4, -0.2) is 23.1 Å². The van der Waals surface area contributed by atoms with Crippen LogP contribution in [0.2, 0.25) is 0 Å². The van der Waals surface area contributed by atoms with Crippen LogP contribution in [0.25, 0.3) is 27.8 Å². The van der Waals surface area contributed by atoms with Gasteiger partial charge in [0, 0.05) is 5.56 Å². The number of rotatable bonds is 5. The number of benzene rings is 2. The van der Waals surface area contributed by atoms with Crippen molar-refractivity contribution in [2.24, 2.45) is 0 Å². The highest BCUT2D eigenvalue weighted by molar-refractivity contribution is 5.93. The van der Waals surface area contributed by atoms with Gasteiger partial charge in [-0.1, -0.05) is 25.1 Å². The normalized spacial score (nSPS) is 10.7. The second-order valence-corrected chi connectivity index (χ2v) is 6.71. The highest BCUT2D eigenvalue weighted by Gasteiger charge is 2.23. The Balaban J connectivity index is 2.05. The van der Waals surface area contributed by atoms with Crippen molar-refractivity contribution in [1.82, 2.24) is 9.38 Å². The zero-order valence-electron chi connectivity index (χ0n) is 16.6. The molecule has 0 aliphatic carbocycles. The Morgan fingerprint density at radius 2 is 1.83 bits per heavy atom. The molecule has 2 aromatic heterocycles. The van der Waals surface area contributed by atoms with E-state index in [1.165, 1.54) is 0 Å². The molecule has 4 rings (SSSR count). The van der Waals surface area contributed by atoms with Crippen molar-refractivity contribution in [1.29, 1.82) is 10.5 Å². The maximum absolute atomic E-state index is 10.0. The first kappa shape index (κ1) is 19.1. The zero-order valence-corrected chi connectivity index (χ0v) is 16.6. The molecule has 0 saturated heterocycles. The van der Waals surface area contributed by atoms with E-state index in [1.54, 1.807) is 29.7 Å². The predicted molar refractivity (Wildman–Crippen MR) is 114 cm³/mol. The number of nitriles is 2. The third-order valence-electron chi connectivity index (χ3n) is 4.92. The molecule has 2 N–H and O–H groups in total. The number of imidazole rings is 1. The van der Waals surface area contributed by atoms with Gasteiger partial charge in [0.2, 0.25) is 0 Å². The topological polar surface area (TPSA) is 109 Å². The number of nitrogens with zero attached hydrogens (tertiary/aromatic N) is 4. The van der Waals surface area contributed by atoms with E-state index < -0.39 is 0 Å². The number of aromatic nitrogens is 2. The molecular formula is C23H19N5O2. The lowest BCUT2D eigenvalue weighted by Crippen LogP contribution is -2.06. The summed E-state index contributed by atoms with van der Waals surface area (Å²) in [4.78, 5) is 4.60. The number of hydrogen-bond donors (Lipinski definition) is 1. The monoisotopic (exact) mass is 397 g/mol. The van der Waals surface area contributed by atoms with Crippen molar-refractivity contribution in [2.45, 2.75) is 13.3 Å². The second-order valence-electron chi connectivity index (χ2n) is 6.71. The maximum Gasteiger partial charge on any atom is 0.161 e. The molecule has 0 spiro atoms. The zero-order chi connectivity index (χ0) is 21.3. The van der Waals surface area contributed by atoms with Crippen LogP contribution in [0.5, 0.6) is 11.5 Å². The summed E-state index contributed by atoms with van der Waals surface area (Å²) in [5, 5.41) is 19.9. The van der Waals surface area contributed by atoms with Gasteiger partial charge >= 0.3 is 0 Å². The minimum absolute atomic E-state index is 0.214. The summed E-state index contributed by atoms with van der Waals surface area (Å²) in [6.07, 6.45) is 0.864. The van der Waals surface area contributed by atoms with Crippen LogP contribution in [0.4, 0.5) is 5.82 Å². The van der Waals surface area contributed by atoms with Gasteiger partial charge in [0.1, 0.15) is 29.1 Å². The fraction of sp³-hybridized carbons (Fsp3) is 0.174. The molecule has 0 aliphatic heterocycles. The fourth-order valence-electron chi connectivity index (χ4n) is 3.58. The predicted octanol–water partition coefficient (Wildman–Crippen LogP) is 4.28. The third kappa shape index (κ3) is 2.85. The van der Waals surface area contributed by atoms with Gasteiger partial charge in [0.25, 0.3) is 0 Å². The highest BCUT2D eigenvalue weighted by atomic mass is 16.5. The fourth-order valence-corrected chi connectivity index (χ4v) is 3.58. The van der Waals surface area contributed by atoms with E-state index in [4.69, 9.17) is 15.2 Å². The number of pyridine rings is 1. The van der Waals surface area contributed by atoms with Crippen molar-refractivity contribution < 1.29 is 9.47 Å². The van der Waals surface area contributed by atoms with Crippen LogP contribution in [0.3, 0.4) is 0 Å².